The van der Waals surface area contributed by atoms with Crippen molar-refractivity contribution < 1.29 is 9.84 Å². The number of nitrogens with zero attached hydrogens (tertiary/aromatic N) is 1. The Hall–Kier alpha value is -0.590. The summed E-state index contributed by atoms with van der Waals surface area (Å²) in [4.78, 5) is 0. The molecule has 2 aliphatic rings. The van der Waals surface area contributed by atoms with Crippen LogP contribution in [0.4, 0.5) is 0 Å². The molecule has 1 saturated heterocycles. The molecule has 1 saturated carbocycles. The Balaban J connectivity index is 2.27. The van der Waals surface area contributed by atoms with E-state index in [1.165, 1.54) is 0 Å². The molecular formula is C15H25NO2. The van der Waals surface area contributed by atoms with Crippen molar-refractivity contribution in [3.8, 4) is 6.07 Å². The van der Waals surface area contributed by atoms with E-state index in [0.29, 0.717) is 6.61 Å². The molecule has 0 bridgehead atoms. The molecule has 3 unspecified atom stereocenters. The highest BCUT2D eigenvalue weighted by Gasteiger charge is 2.57. The first kappa shape index (κ1) is 13.8. The van der Waals surface area contributed by atoms with E-state index in [-0.39, 0.29) is 11.3 Å². The van der Waals surface area contributed by atoms with Gasteiger partial charge >= 0.3 is 0 Å². The van der Waals surface area contributed by atoms with Crippen molar-refractivity contribution in [1.82, 2.24) is 0 Å². The molecule has 3 atom stereocenters. The number of rotatable bonds is 1. The fourth-order valence-electron chi connectivity index (χ4n) is 3.91. The Morgan fingerprint density at radius 1 is 1.28 bits per heavy atom. The number of hydrogen-bond acceptors (Lipinski definition) is 3. The lowest BCUT2D eigenvalue weighted by Gasteiger charge is -2.53. The van der Waals surface area contributed by atoms with Crippen molar-refractivity contribution in [3.63, 3.8) is 0 Å². The normalized spacial score (nSPS) is 44.3. The molecular weight excluding hydrogens is 226 g/mol. The molecule has 1 aliphatic heterocycles. The van der Waals surface area contributed by atoms with E-state index in [1.54, 1.807) is 0 Å². The Labute approximate surface area is 110 Å². The molecule has 3 heteroatoms. The summed E-state index contributed by atoms with van der Waals surface area (Å²) in [6.45, 7) is 7.71. The van der Waals surface area contributed by atoms with Gasteiger partial charge in [-0.25, -0.2) is 0 Å². The fraction of sp³-hybridized carbons (Fsp3) is 0.933. The Bertz CT molecular complexity index is 352. The molecule has 0 spiro atoms. The topological polar surface area (TPSA) is 53.2 Å². The third-order valence-corrected chi connectivity index (χ3v) is 5.14. The van der Waals surface area contributed by atoms with E-state index in [9.17, 15) is 10.4 Å². The second-order valence-corrected chi connectivity index (χ2v) is 7.04. The molecule has 0 amide bonds. The first-order valence-corrected chi connectivity index (χ1v) is 7.07. The zero-order chi connectivity index (χ0) is 13.4. The van der Waals surface area contributed by atoms with E-state index in [0.717, 1.165) is 38.7 Å². The van der Waals surface area contributed by atoms with E-state index in [4.69, 9.17) is 4.74 Å². The average Bonchev–Trinajstić information content (AvgIpc) is 2.35. The van der Waals surface area contributed by atoms with Gasteiger partial charge in [-0.3, -0.25) is 0 Å². The largest absolute Gasteiger partial charge is 0.388 e. The van der Waals surface area contributed by atoms with Crippen LogP contribution < -0.4 is 0 Å². The molecule has 2 rings (SSSR count). The van der Waals surface area contributed by atoms with Gasteiger partial charge in [0.05, 0.1) is 18.3 Å². The van der Waals surface area contributed by atoms with Crippen molar-refractivity contribution in [2.75, 3.05) is 13.2 Å². The minimum absolute atomic E-state index is 0.155. The Morgan fingerprint density at radius 3 is 2.50 bits per heavy atom. The summed E-state index contributed by atoms with van der Waals surface area (Å²) in [5.41, 5.74) is -1.29. The minimum atomic E-state index is -0.877. The van der Waals surface area contributed by atoms with Crippen molar-refractivity contribution in [3.05, 3.63) is 0 Å². The second kappa shape index (κ2) is 4.51. The van der Waals surface area contributed by atoms with Crippen molar-refractivity contribution >= 4 is 0 Å². The fourth-order valence-corrected chi connectivity index (χ4v) is 3.91. The van der Waals surface area contributed by atoms with Gasteiger partial charge in [-0.15, -0.1) is 0 Å². The molecule has 0 aromatic heterocycles. The van der Waals surface area contributed by atoms with Crippen molar-refractivity contribution in [1.29, 1.82) is 5.26 Å². The van der Waals surface area contributed by atoms with Gasteiger partial charge in [-0.05, 0) is 43.4 Å². The summed E-state index contributed by atoms with van der Waals surface area (Å²) in [6.07, 6.45) is 4.33. The van der Waals surface area contributed by atoms with Crippen molar-refractivity contribution in [2.45, 2.75) is 58.5 Å². The van der Waals surface area contributed by atoms with Gasteiger partial charge in [0.25, 0.3) is 0 Å². The summed E-state index contributed by atoms with van der Waals surface area (Å²) in [7, 11) is 0. The van der Waals surface area contributed by atoms with Crippen LogP contribution in [0, 0.1) is 28.1 Å². The Kier molecular flexibility index (Phi) is 3.46. The van der Waals surface area contributed by atoms with E-state index in [2.05, 4.69) is 26.8 Å². The molecule has 0 radical (unpaired) electrons. The lowest BCUT2D eigenvalue weighted by Crippen LogP contribution is -2.58. The standard InChI is InChI=1S/C15H25NO2/c1-12-9-13(2,3)6-7-15(12,17)14(10-16)5-4-8-18-11-14/h12,17H,4-9,11H2,1-3H3. The average molecular weight is 251 g/mol. The van der Waals surface area contributed by atoms with Gasteiger partial charge in [0.15, 0.2) is 0 Å². The molecule has 1 heterocycles. The zero-order valence-corrected chi connectivity index (χ0v) is 11.8. The number of hydrogen-bond donors (Lipinski definition) is 1. The predicted octanol–water partition coefficient (Wildman–Crippen LogP) is 2.88. The third kappa shape index (κ3) is 2.06. The lowest BCUT2D eigenvalue weighted by atomic mass is 9.55. The maximum atomic E-state index is 11.1. The molecule has 102 valence electrons. The molecule has 3 nitrogen and oxygen atoms in total. The summed E-state index contributed by atoms with van der Waals surface area (Å²) < 4.78 is 5.51. The third-order valence-electron chi connectivity index (χ3n) is 5.14. The highest BCUT2D eigenvalue weighted by molar-refractivity contribution is 5.16. The van der Waals surface area contributed by atoms with Crippen LogP contribution in [-0.4, -0.2) is 23.9 Å². The predicted molar refractivity (Wildman–Crippen MR) is 69.8 cm³/mol. The minimum Gasteiger partial charge on any atom is -0.388 e. The summed E-state index contributed by atoms with van der Waals surface area (Å²) in [5.74, 6) is 0.155. The maximum Gasteiger partial charge on any atom is 0.109 e. The molecule has 0 aromatic carbocycles. The molecule has 0 aromatic rings. The number of ether oxygens (including phenoxy) is 1. The van der Waals surface area contributed by atoms with Crippen LogP contribution in [0.3, 0.4) is 0 Å². The zero-order valence-electron chi connectivity index (χ0n) is 11.8. The molecule has 18 heavy (non-hydrogen) atoms. The molecule has 1 N–H and O–H groups in total. The van der Waals surface area contributed by atoms with Crippen LogP contribution in [0.1, 0.15) is 52.9 Å². The highest BCUT2D eigenvalue weighted by Crippen LogP contribution is 2.53. The van der Waals surface area contributed by atoms with Crippen LogP contribution >= 0.6 is 0 Å². The summed E-state index contributed by atoms with van der Waals surface area (Å²) in [5, 5.41) is 20.8. The highest BCUT2D eigenvalue weighted by atomic mass is 16.5. The van der Waals surface area contributed by atoms with Gasteiger partial charge in [-0.1, -0.05) is 20.8 Å². The maximum absolute atomic E-state index is 11.1. The SMILES string of the molecule is CC1CC(C)(C)CCC1(O)C1(C#N)CCCOC1. The monoisotopic (exact) mass is 251 g/mol. The smallest absolute Gasteiger partial charge is 0.109 e. The number of aliphatic hydroxyl groups is 1. The van der Waals surface area contributed by atoms with E-state index >= 15 is 0 Å². The van der Waals surface area contributed by atoms with Crippen molar-refractivity contribution in [2.24, 2.45) is 16.7 Å². The quantitative estimate of drug-likeness (QED) is 0.779. The summed E-state index contributed by atoms with van der Waals surface area (Å²) >= 11 is 0. The van der Waals surface area contributed by atoms with Gasteiger partial charge in [0.2, 0.25) is 0 Å². The van der Waals surface area contributed by atoms with Gasteiger partial charge in [0, 0.05) is 6.61 Å². The van der Waals surface area contributed by atoms with Crippen LogP contribution in [0.15, 0.2) is 0 Å². The van der Waals surface area contributed by atoms with Gasteiger partial charge in [-0.2, -0.15) is 5.26 Å². The molecule has 1 aliphatic carbocycles. The van der Waals surface area contributed by atoms with Gasteiger partial charge < -0.3 is 9.84 Å². The van der Waals surface area contributed by atoms with Crippen LogP contribution in [0.25, 0.3) is 0 Å². The van der Waals surface area contributed by atoms with Crippen LogP contribution in [-0.2, 0) is 4.74 Å². The number of nitriles is 1. The summed E-state index contributed by atoms with van der Waals surface area (Å²) in [6, 6.07) is 2.41. The molecule has 2 fully saturated rings. The van der Waals surface area contributed by atoms with E-state index < -0.39 is 11.0 Å². The first-order valence-electron chi connectivity index (χ1n) is 7.07. The van der Waals surface area contributed by atoms with Crippen LogP contribution in [0.2, 0.25) is 0 Å². The van der Waals surface area contributed by atoms with Gasteiger partial charge in [0.1, 0.15) is 5.41 Å². The second-order valence-electron chi connectivity index (χ2n) is 7.04. The van der Waals surface area contributed by atoms with Crippen LogP contribution in [0.5, 0.6) is 0 Å². The lowest BCUT2D eigenvalue weighted by molar-refractivity contribution is -0.174. The van der Waals surface area contributed by atoms with E-state index in [1.807, 2.05) is 0 Å². The Morgan fingerprint density at radius 2 is 2.00 bits per heavy atom. The first-order chi connectivity index (χ1) is 8.35.